The van der Waals surface area contributed by atoms with Crippen molar-refractivity contribution in [1.29, 1.82) is 0 Å². The van der Waals surface area contributed by atoms with E-state index in [9.17, 15) is 9.18 Å². The number of nitrogens with two attached hydrogens (primary N) is 1. The Morgan fingerprint density at radius 2 is 1.81 bits per heavy atom. The van der Waals surface area contributed by atoms with E-state index in [1.165, 1.54) is 17.7 Å². The van der Waals surface area contributed by atoms with E-state index in [0.29, 0.717) is 23.0 Å². The fraction of sp³-hybridized carbons (Fsp3) is 0.296. The van der Waals surface area contributed by atoms with Gasteiger partial charge < -0.3 is 10.5 Å². The second-order valence-corrected chi connectivity index (χ2v) is 8.96. The van der Waals surface area contributed by atoms with Gasteiger partial charge in [-0.15, -0.1) is 0 Å². The topological polar surface area (TPSA) is 55.6 Å². The summed E-state index contributed by atoms with van der Waals surface area (Å²) in [5.74, 6) is 0.895. The van der Waals surface area contributed by atoms with Crippen LogP contribution < -0.4 is 10.5 Å². The van der Waals surface area contributed by atoms with Crippen LogP contribution in [0.1, 0.15) is 41.8 Å². The predicted octanol–water partition coefficient (Wildman–Crippen LogP) is 5.52. The third-order valence-corrected chi connectivity index (χ3v) is 6.71. The van der Waals surface area contributed by atoms with Gasteiger partial charge in [-0.05, 0) is 71.8 Å². The first-order valence-corrected chi connectivity index (χ1v) is 11.0. The Morgan fingerprint density at radius 1 is 1.09 bits per heavy atom. The van der Waals surface area contributed by atoms with E-state index >= 15 is 0 Å². The third kappa shape index (κ3) is 4.83. The van der Waals surface area contributed by atoms with E-state index in [1.54, 1.807) is 18.2 Å². The van der Waals surface area contributed by atoms with Crippen molar-refractivity contribution < 1.29 is 13.9 Å². The summed E-state index contributed by atoms with van der Waals surface area (Å²) in [6, 6.07) is 21.9. The van der Waals surface area contributed by atoms with Crippen LogP contribution >= 0.6 is 0 Å². The molecule has 0 spiro atoms. The molecule has 2 atom stereocenters. The molecule has 0 unspecified atom stereocenters. The minimum Gasteiger partial charge on any atom is -0.457 e. The lowest BCUT2D eigenvalue weighted by molar-refractivity contribution is 0.0995. The number of likely N-dealkylation sites (tertiary alicyclic amines) is 1. The molecule has 0 aromatic heterocycles. The normalized spacial score (nSPS) is 21.3. The van der Waals surface area contributed by atoms with Crippen molar-refractivity contribution >= 4 is 5.91 Å². The summed E-state index contributed by atoms with van der Waals surface area (Å²) in [7, 11) is 0. The average molecular weight is 433 g/mol. The molecule has 0 saturated carbocycles. The molecule has 1 aliphatic heterocycles. The summed E-state index contributed by atoms with van der Waals surface area (Å²) in [5.41, 5.74) is 8.37. The number of hydrogen-bond donors (Lipinski definition) is 1. The fourth-order valence-corrected chi connectivity index (χ4v) is 4.55. The Kier molecular flexibility index (Phi) is 6.28. The zero-order chi connectivity index (χ0) is 22.7. The Labute approximate surface area is 188 Å². The number of halogens is 1. The van der Waals surface area contributed by atoms with E-state index in [4.69, 9.17) is 10.5 Å². The highest BCUT2D eigenvalue weighted by Crippen LogP contribution is 2.40. The number of carbonyl (C=O) groups excluding carboxylic acids is 1. The second kappa shape index (κ2) is 9.13. The van der Waals surface area contributed by atoms with Crippen LogP contribution in [0.25, 0.3) is 0 Å². The van der Waals surface area contributed by atoms with Crippen molar-refractivity contribution in [2.75, 3.05) is 13.1 Å². The smallest absolute Gasteiger partial charge is 0.248 e. The largest absolute Gasteiger partial charge is 0.457 e. The van der Waals surface area contributed by atoms with Crippen LogP contribution in [0.3, 0.4) is 0 Å². The Hall–Kier alpha value is -3.18. The highest BCUT2D eigenvalue weighted by Gasteiger charge is 2.38. The van der Waals surface area contributed by atoms with E-state index in [1.807, 2.05) is 30.3 Å². The van der Waals surface area contributed by atoms with Gasteiger partial charge in [-0.25, -0.2) is 4.39 Å². The molecule has 2 N–H and O–H groups in total. The number of carbonyl (C=O) groups is 1. The highest BCUT2D eigenvalue weighted by atomic mass is 19.1. The van der Waals surface area contributed by atoms with Crippen molar-refractivity contribution in [2.24, 2.45) is 11.7 Å². The number of nitrogens with zero attached hydrogens (tertiary/aromatic N) is 1. The first-order chi connectivity index (χ1) is 15.3. The van der Waals surface area contributed by atoms with Crippen LogP contribution in [0, 0.1) is 11.7 Å². The summed E-state index contributed by atoms with van der Waals surface area (Å²) in [4.78, 5) is 14.1. The average Bonchev–Trinajstić information content (AvgIpc) is 2.77. The lowest BCUT2D eigenvalue weighted by Gasteiger charge is -2.45. The van der Waals surface area contributed by atoms with Crippen molar-refractivity contribution in [3.05, 3.63) is 95.3 Å². The molecule has 3 aromatic carbocycles. The van der Waals surface area contributed by atoms with Crippen LogP contribution in [-0.2, 0) is 12.0 Å². The zero-order valence-corrected chi connectivity index (χ0v) is 18.6. The predicted molar refractivity (Wildman–Crippen MR) is 124 cm³/mol. The molecule has 1 saturated heterocycles. The van der Waals surface area contributed by atoms with Crippen molar-refractivity contribution in [3.63, 3.8) is 0 Å². The van der Waals surface area contributed by atoms with Gasteiger partial charge >= 0.3 is 0 Å². The summed E-state index contributed by atoms with van der Waals surface area (Å²) in [5, 5.41) is 0. The first-order valence-electron chi connectivity index (χ1n) is 11.0. The first kappa shape index (κ1) is 22.0. The van der Waals surface area contributed by atoms with Gasteiger partial charge in [-0.2, -0.15) is 0 Å². The molecule has 4 nitrogen and oxygen atoms in total. The van der Waals surface area contributed by atoms with E-state index in [2.05, 4.69) is 30.9 Å². The number of ether oxygens (including phenoxy) is 1. The zero-order valence-electron chi connectivity index (χ0n) is 18.6. The number of rotatable bonds is 6. The Balaban J connectivity index is 1.43. The van der Waals surface area contributed by atoms with E-state index < -0.39 is 0 Å². The van der Waals surface area contributed by atoms with Crippen LogP contribution in [0.4, 0.5) is 4.39 Å². The van der Waals surface area contributed by atoms with Crippen molar-refractivity contribution in [1.82, 2.24) is 4.90 Å². The lowest BCUT2D eigenvalue weighted by Crippen LogP contribution is -2.47. The highest BCUT2D eigenvalue weighted by molar-refractivity contribution is 5.92. The molecule has 1 heterocycles. The number of benzene rings is 3. The number of amides is 1. The molecule has 32 heavy (non-hydrogen) atoms. The van der Waals surface area contributed by atoms with Gasteiger partial charge in [-0.3, -0.25) is 9.69 Å². The molecule has 4 rings (SSSR count). The lowest BCUT2D eigenvalue weighted by atomic mass is 9.68. The maximum atomic E-state index is 13.4. The molecule has 1 fully saturated rings. The number of hydrogen-bond acceptors (Lipinski definition) is 3. The molecular weight excluding hydrogens is 403 g/mol. The Bertz CT molecular complexity index is 1120. The number of primary amides is 1. The summed E-state index contributed by atoms with van der Waals surface area (Å²) >= 11 is 0. The maximum Gasteiger partial charge on any atom is 0.248 e. The fourth-order valence-electron chi connectivity index (χ4n) is 4.55. The minimum absolute atomic E-state index is 0.00962. The maximum absolute atomic E-state index is 13.4. The second-order valence-electron chi connectivity index (χ2n) is 8.96. The van der Waals surface area contributed by atoms with Gasteiger partial charge in [0.1, 0.15) is 17.3 Å². The number of piperidine rings is 1. The Morgan fingerprint density at radius 3 is 2.53 bits per heavy atom. The third-order valence-electron chi connectivity index (χ3n) is 6.71. The van der Waals surface area contributed by atoms with Crippen molar-refractivity contribution in [3.8, 4) is 11.5 Å². The molecule has 1 amide bonds. The van der Waals surface area contributed by atoms with Crippen LogP contribution in [-0.4, -0.2) is 23.9 Å². The SMILES string of the molecule is C[C@H]1CN(Cc2cccc(Oc3cccc(F)c3)c2)CC[C@@]1(C)c1cccc(C(N)=O)c1. The van der Waals surface area contributed by atoms with Crippen LogP contribution in [0.5, 0.6) is 11.5 Å². The summed E-state index contributed by atoms with van der Waals surface area (Å²) < 4.78 is 19.3. The van der Waals surface area contributed by atoms with Gasteiger partial charge in [0.25, 0.3) is 0 Å². The van der Waals surface area contributed by atoms with Gasteiger partial charge in [0.05, 0.1) is 0 Å². The molecule has 0 bridgehead atoms. The van der Waals surface area contributed by atoms with Gasteiger partial charge in [0.2, 0.25) is 5.91 Å². The molecule has 0 radical (unpaired) electrons. The van der Waals surface area contributed by atoms with Crippen LogP contribution in [0.2, 0.25) is 0 Å². The van der Waals surface area contributed by atoms with Gasteiger partial charge in [0, 0.05) is 24.7 Å². The van der Waals surface area contributed by atoms with Gasteiger partial charge in [0.15, 0.2) is 0 Å². The quantitative estimate of drug-likeness (QED) is 0.558. The molecule has 1 aliphatic rings. The molecule has 166 valence electrons. The monoisotopic (exact) mass is 432 g/mol. The minimum atomic E-state index is -0.388. The summed E-state index contributed by atoms with van der Waals surface area (Å²) in [6.07, 6.45) is 0.996. The molecule has 0 aliphatic carbocycles. The van der Waals surface area contributed by atoms with Crippen molar-refractivity contribution in [2.45, 2.75) is 32.2 Å². The summed E-state index contributed by atoms with van der Waals surface area (Å²) in [6.45, 7) is 7.28. The van der Waals surface area contributed by atoms with Gasteiger partial charge in [-0.1, -0.05) is 44.2 Å². The molecule has 3 aromatic rings. The van der Waals surface area contributed by atoms with E-state index in [-0.39, 0.29) is 17.1 Å². The molecular formula is C27H29FN2O2. The molecule has 5 heteroatoms. The standard InChI is InChI=1S/C27H29FN2O2/c1-19-17-30(13-12-27(19,2)22-8-4-7-21(15-22)26(29)31)18-20-6-3-10-24(14-20)32-25-11-5-9-23(28)16-25/h3-11,14-16,19H,12-13,17-18H2,1-2H3,(H2,29,31)/t19-,27+/m0/s1. The van der Waals surface area contributed by atoms with E-state index in [0.717, 1.165) is 31.6 Å². The van der Waals surface area contributed by atoms with Crippen LogP contribution in [0.15, 0.2) is 72.8 Å².